The molecule has 0 saturated heterocycles. The standard InChI is InChI=1S/C16H12N2O2/c1-20-16(19)12-6-2-4-10-11-5-3-7-13-15(11)18(14(10)12)9-8-17-13/h2-9,17H,1H3. The van der Waals surface area contributed by atoms with Gasteiger partial charge in [0.2, 0.25) is 0 Å². The second kappa shape index (κ2) is 3.87. The summed E-state index contributed by atoms with van der Waals surface area (Å²) in [5.41, 5.74) is 3.59. The van der Waals surface area contributed by atoms with E-state index < -0.39 is 0 Å². The van der Waals surface area contributed by atoms with Gasteiger partial charge in [0, 0.05) is 23.2 Å². The van der Waals surface area contributed by atoms with Gasteiger partial charge in [-0.2, -0.15) is 0 Å². The number of ether oxygens (including phenoxy) is 1. The Morgan fingerprint density at radius 1 is 1.10 bits per heavy atom. The van der Waals surface area contributed by atoms with E-state index in [9.17, 15) is 4.79 Å². The van der Waals surface area contributed by atoms with Gasteiger partial charge in [0.1, 0.15) is 0 Å². The molecule has 20 heavy (non-hydrogen) atoms. The minimum absolute atomic E-state index is 0.317. The monoisotopic (exact) mass is 264 g/mol. The lowest BCUT2D eigenvalue weighted by atomic mass is 10.1. The number of fused-ring (bicyclic) bond motifs is 3. The number of hydrogen-bond acceptors (Lipinski definition) is 3. The number of nitrogens with zero attached hydrogens (tertiary/aromatic N) is 1. The van der Waals surface area contributed by atoms with Gasteiger partial charge >= 0.3 is 5.97 Å². The highest BCUT2D eigenvalue weighted by atomic mass is 16.5. The summed E-state index contributed by atoms with van der Waals surface area (Å²) < 4.78 is 6.94. The highest BCUT2D eigenvalue weighted by Gasteiger charge is 2.20. The summed E-state index contributed by atoms with van der Waals surface area (Å²) >= 11 is 0. The Balaban J connectivity index is 2.26. The number of nitrogens with one attached hydrogen (secondary N) is 1. The molecule has 0 radical (unpaired) electrons. The van der Waals surface area contributed by atoms with E-state index >= 15 is 0 Å². The topological polar surface area (TPSA) is 43.3 Å². The number of carbonyl (C=O) groups is 1. The van der Waals surface area contributed by atoms with E-state index in [1.807, 2.05) is 41.2 Å². The van der Waals surface area contributed by atoms with E-state index in [1.165, 1.54) is 7.11 Å². The first-order valence-electron chi connectivity index (χ1n) is 6.38. The normalized spacial score (nSPS) is 12.7. The van der Waals surface area contributed by atoms with Gasteiger partial charge in [-0.25, -0.2) is 4.79 Å². The van der Waals surface area contributed by atoms with Crippen LogP contribution in [0.4, 0.5) is 5.69 Å². The quantitative estimate of drug-likeness (QED) is 0.685. The van der Waals surface area contributed by atoms with E-state index in [0.717, 1.165) is 27.5 Å². The van der Waals surface area contributed by atoms with Crippen molar-refractivity contribution in [1.82, 2.24) is 4.57 Å². The molecule has 0 bridgehead atoms. The van der Waals surface area contributed by atoms with E-state index in [0.29, 0.717) is 5.56 Å². The molecule has 1 aromatic heterocycles. The predicted octanol–water partition coefficient (Wildman–Crippen LogP) is 3.43. The van der Waals surface area contributed by atoms with Gasteiger partial charge in [0.15, 0.2) is 0 Å². The molecule has 2 heterocycles. The number of aromatic nitrogens is 1. The van der Waals surface area contributed by atoms with Crippen molar-refractivity contribution in [3.63, 3.8) is 0 Å². The van der Waals surface area contributed by atoms with Crippen LogP contribution in [0.5, 0.6) is 0 Å². The maximum Gasteiger partial charge on any atom is 0.340 e. The molecule has 0 aliphatic carbocycles. The summed E-state index contributed by atoms with van der Waals surface area (Å²) in [7, 11) is 1.41. The van der Waals surface area contributed by atoms with Crippen molar-refractivity contribution in [2.24, 2.45) is 0 Å². The van der Waals surface area contributed by atoms with E-state index in [2.05, 4.69) is 11.4 Å². The summed E-state index contributed by atoms with van der Waals surface area (Å²) in [6, 6.07) is 11.8. The van der Waals surface area contributed by atoms with Crippen LogP contribution in [0.3, 0.4) is 0 Å². The van der Waals surface area contributed by atoms with Crippen molar-refractivity contribution in [3.8, 4) is 0 Å². The highest BCUT2D eigenvalue weighted by molar-refractivity contribution is 6.18. The first-order chi connectivity index (χ1) is 9.81. The highest BCUT2D eigenvalue weighted by Crippen LogP contribution is 2.37. The third-order valence-corrected chi connectivity index (χ3v) is 3.71. The Kier molecular flexibility index (Phi) is 2.15. The molecule has 4 heteroatoms. The number of hydrogen-bond donors (Lipinski definition) is 1. The number of anilines is 1. The maximum atomic E-state index is 12.0. The average Bonchev–Trinajstić information content (AvgIpc) is 2.84. The first-order valence-corrected chi connectivity index (χ1v) is 6.38. The van der Waals surface area contributed by atoms with Crippen molar-refractivity contribution in [2.45, 2.75) is 0 Å². The smallest absolute Gasteiger partial charge is 0.340 e. The molecule has 0 atom stereocenters. The number of benzene rings is 2. The second-order valence-electron chi connectivity index (χ2n) is 4.73. The van der Waals surface area contributed by atoms with Crippen LogP contribution in [0.1, 0.15) is 10.4 Å². The second-order valence-corrected chi connectivity index (χ2v) is 4.73. The first kappa shape index (κ1) is 11.1. The molecule has 0 spiro atoms. The lowest BCUT2D eigenvalue weighted by Crippen LogP contribution is -2.05. The molecule has 1 N–H and O–H groups in total. The van der Waals surface area contributed by atoms with E-state index in [4.69, 9.17) is 4.74 Å². The molecule has 4 nitrogen and oxygen atoms in total. The van der Waals surface area contributed by atoms with Crippen molar-refractivity contribution in [1.29, 1.82) is 0 Å². The molecule has 0 amide bonds. The number of methoxy groups -OCH3 is 1. The van der Waals surface area contributed by atoms with Gasteiger partial charge in [0.05, 0.1) is 29.4 Å². The van der Waals surface area contributed by atoms with Crippen molar-refractivity contribution < 1.29 is 9.53 Å². The Morgan fingerprint density at radius 2 is 1.85 bits per heavy atom. The molecule has 0 saturated carbocycles. The lowest BCUT2D eigenvalue weighted by molar-refractivity contribution is 0.0602. The Bertz CT molecular complexity index is 890. The van der Waals surface area contributed by atoms with E-state index in [-0.39, 0.29) is 5.97 Å². The summed E-state index contributed by atoms with van der Waals surface area (Å²) in [5.74, 6) is -0.317. The summed E-state index contributed by atoms with van der Waals surface area (Å²) in [6.07, 6.45) is 3.80. The fourth-order valence-electron chi connectivity index (χ4n) is 2.89. The maximum absolute atomic E-state index is 12.0. The fraction of sp³-hybridized carbons (Fsp3) is 0.0625. The van der Waals surface area contributed by atoms with Gasteiger partial charge in [-0.05, 0) is 12.1 Å². The largest absolute Gasteiger partial charge is 0.465 e. The van der Waals surface area contributed by atoms with Crippen LogP contribution in [0.25, 0.3) is 28.0 Å². The summed E-state index contributed by atoms with van der Waals surface area (Å²) in [6.45, 7) is 0. The molecule has 2 aromatic carbocycles. The molecular formula is C16H12N2O2. The molecule has 3 aromatic rings. The number of carbonyl (C=O) groups excluding carboxylic acids is 1. The third kappa shape index (κ3) is 1.28. The zero-order valence-corrected chi connectivity index (χ0v) is 10.9. The van der Waals surface area contributed by atoms with Gasteiger partial charge in [-0.15, -0.1) is 0 Å². The number of esters is 1. The fourth-order valence-corrected chi connectivity index (χ4v) is 2.89. The SMILES string of the molecule is COC(=O)c1cccc2c3cccc4c3n(c12)C=CN4. The minimum atomic E-state index is -0.317. The molecule has 0 unspecified atom stereocenters. The average molecular weight is 264 g/mol. The lowest BCUT2D eigenvalue weighted by Gasteiger charge is -2.12. The molecule has 1 aliphatic heterocycles. The molecule has 4 rings (SSSR count). The summed E-state index contributed by atoms with van der Waals surface area (Å²) in [5, 5.41) is 5.41. The van der Waals surface area contributed by atoms with Gasteiger partial charge in [0.25, 0.3) is 0 Å². The van der Waals surface area contributed by atoms with Crippen LogP contribution in [0.15, 0.2) is 42.6 Å². The van der Waals surface area contributed by atoms with Crippen molar-refractivity contribution in [2.75, 3.05) is 12.4 Å². The molecule has 0 fully saturated rings. The van der Waals surface area contributed by atoms with Gasteiger partial charge in [-0.3, -0.25) is 0 Å². The van der Waals surface area contributed by atoms with Crippen molar-refractivity contribution in [3.05, 3.63) is 48.2 Å². The third-order valence-electron chi connectivity index (χ3n) is 3.71. The van der Waals surface area contributed by atoms with Crippen LogP contribution in [0.2, 0.25) is 0 Å². The van der Waals surface area contributed by atoms with Crippen molar-refractivity contribution >= 4 is 39.7 Å². The van der Waals surface area contributed by atoms with Crippen LogP contribution >= 0.6 is 0 Å². The number of rotatable bonds is 1. The van der Waals surface area contributed by atoms with Crippen LogP contribution < -0.4 is 5.32 Å². The minimum Gasteiger partial charge on any atom is -0.465 e. The zero-order chi connectivity index (χ0) is 13.7. The summed E-state index contributed by atoms with van der Waals surface area (Å²) in [4.78, 5) is 12.0. The number of para-hydroxylation sites is 2. The molecular weight excluding hydrogens is 252 g/mol. The molecule has 98 valence electrons. The van der Waals surface area contributed by atoms with E-state index in [1.54, 1.807) is 6.07 Å². The van der Waals surface area contributed by atoms with Crippen LogP contribution in [0, 0.1) is 0 Å². The predicted molar refractivity (Wildman–Crippen MR) is 79.7 cm³/mol. The Morgan fingerprint density at radius 3 is 2.65 bits per heavy atom. The Labute approximate surface area is 115 Å². The van der Waals surface area contributed by atoms with Crippen LogP contribution in [-0.2, 0) is 4.74 Å². The van der Waals surface area contributed by atoms with Crippen LogP contribution in [-0.4, -0.2) is 17.6 Å². The van der Waals surface area contributed by atoms with Gasteiger partial charge in [-0.1, -0.05) is 24.3 Å². The Hall–Kier alpha value is -2.75. The van der Waals surface area contributed by atoms with Gasteiger partial charge < -0.3 is 14.6 Å². The molecule has 1 aliphatic rings. The zero-order valence-electron chi connectivity index (χ0n) is 10.9.